The maximum absolute atomic E-state index is 5.14. The molecule has 0 N–H and O–H groups in total. The lowest BCUT2D eigenvalue weighted by Crippen LogP contribution is -1.97. The van der Waals surface area contributed by atoms with Gasteiger partial charge in [0.2, 0.25) is 0 Å². The van der Waals surface area contributed by atoms with Gasteiger partial charge < -0.3 is 9.13 Å². The summed E-state index contributed by atoms with van der Waals surface area (Å²) in [6.07, 6.45) is 0. The summed E-state index contributed by atoms with van der Waals surface area (Å²) in [7, 11) is 0. The fourth-order valence-corrected chi connectivity index (χ4v) is 7.89. The van der Waals surface area contributed by atoms with Gasteiger partial charge in [0.25, 0.3) is 0 Å². The highest BCUT2D eigenvalue weighted by molar-refractivity contribution is 6.28. The van der Waals surface area contributed by atoms with Crippen molar-refractivity contribution in [1.82, 2.24) is 28.7 Å². The molecule has 51 heavy (non-hydrogen) atoms. The Morgan fingerprint density at radius 2 is 0.941 bits per heavy atom. The summed E-state index contributed by atoms with van der Waals surface area (Å²) in [5.74, 6) is 0.654. The first-order valence-electron chi connectivity index (χ1n) is 17.1. The normalized spacial score (nSPS) is 11.9. The molecule has 0 saturated heterocycles. The number of hydrogen-bond donors (Lipinski definition) is 0. The van der Waals surface area contributed by atoms with Crippen molar-refractivity contribution in [3.05, 3.63) is 170 Å². The van der Waals surface area contributed by atoms with E-state index in [1.807, 2.05) is 47.0 Å². The first-order valence-corrected chi connectivity index (χ1v) is 17.1. The van der Waals surface area contributed by atoms with Crippen LogP contribution >= 0.6 is 0 Å². The van der Waals surface area contributed by atoms with E-state index in [4.69, 9.17) is 15.1 Å². The number of rotatable bonds is 4. The first-order chi connectivity index (χ1) is 25.3. The predicted molar refractivity (Wildman–Crippen MR) is 208 cm³/mol. The topological polar surface area (TPSA) is 52.9 Å². The molecule has 6 nitrogen and oxygen atoms in total. The van der Waals surface area contributed by atoms with E-state index in [9.17, 15) is 0 Å². The average molecular weight is 653 g/mol. The van der Waals surface area contributed by atoms with Gasteiger partial charge in [-0.3, -0.25) is 0 Å². The zero-order chi connectivity index (χ0) is 33.5. The predicted octanol–water partition coefficient (Wildman–Crippen LogP) is 10.8. The zero-order valence-electron chi connectivity index (χ0n) is 27.3. The Hall–Kier alpha value is -7.05. The van der Waals surface area contributed by atoms with Crippen LogP contribution in [0.1, 0.15) is 0 Å². The van der Waals surface area contributed by atoms with E-state index >= 15 is 0 Å². The summed E-state index contributed by atoms with van der Waals surface area (Å²) in [5.41, 5.74) is 12.2. The molecule has 0 amide bonds. The van der Waals surface area contributed by atoms with Crippen LogP contribution in [0.25, 0.3) is 94.3 Å². The second-order valence-corrected chi connectivity index (χ2v) is 12.9. The van der Waals surface area contributed by atoms with E-state index in [0.717, 1.165) is 55.9 Å². The Labute approximate surface area is 292 Å². The molecule has 0 aliphatic carbocycles. The number of benzene rings is 7. The fraction of sp³-hybridized carbons (Fsp3) is 0. The summed E-state index contributed by atoms with van der Waals surface area (Å²) in [6.45, 7) is 0. The van der Waals surface area contributed by atoms with Gasteiger partial charge in [-0.25, -0.2) is 14.5 Å². The molecular weight excluding hydrogens is 625 g/mol. The lowest BCUT2D eigenvalue weighted by molar-refractivity contribution is 1.00. The monoisotopic (exact) mass is 652 g/mol. The SMILES string of the molecule is c1ccc(-c2nc3ccccc3n3nc(-c4cccc(-n5c6ccccc6c6c7c8ccccc8n(-c8ccccc8)c7ccc65)c4)nc23)cc1. The summed E-state index contributed by atoms with van der Waals surface area (Å²) >= 11 is 0. The van der Waals surface area contributed by atoms with Gasteiger partial charge in [0.1, 0.15) is 5.69 Å². The highest BCUT2D eigenvalue weighted by atomic mass is 15.3. The van der Waals surface area contributed by atoms with Crippen LogP contribution in [0, 0.1) is 0 Å². The zero-order valence-corrected chi connectivity index (χ0v) is 27.3. The Balaban J connectivity index is 1.16. The van der Waals surface area contributed by atoms with Crippen molar-refractivity contribution in [3.63, 3.8) is 0 Å². The summed E-state index contributed by atoms with van der Waals surface area (Å²) in [4.78, 5) is 10.2. The molecule has 0 aliphatic rings. The highest BCUT2D eigenvalue weighted by Crippen LogP contribution is 2.42. The van der Waals surface area contributed by atoms with Crippen LogP contribution in [0.5, 0.6) is 0 Å². The van der Waals surface area contributed by atoms with Crippen LogP contribution in [0.3, 0.4) is 0 Å². The van der Waals surface area contributed by atoms with Gasteiger partial charge in [-0.05, 0) is 60.7 Å². The Kier molecular flexibility index (Phi) is 5.86. The van der Waals surface area contributed by atoms with Crippen LogP contribution in [-0.2, 0) is 0 Å². The molecule has 4 heterocycles. The molecule has 7 aromatic carbocycles. The van der Waals surface area contributed by atoms with Gasteiger partial charge in [-0.1, -0.05) is 109 Å². The van der Waals surface area contributed by atoms with Gasteiger partial charge in [-0.15, -0.1) is 5.10 Å². The standard InChI is InChI=1S/C45H28N6/c1-3-14-29(15-4-1)43-45-47-44(48-51(45)38-25-12-9-22-35(38)46-43)30-16-13-19-32(28-30)50-37-24-11-8-21-34(37)42-40(50)27-26-39-41(42)33-20-7-10-23-36(33)49(39)31-17-5-2-6-18-31/h1-28H. The lowest BCUT2D eigenvalue weighted by atomic mass is 10.1. The molecule has 6 heteroatoms. The van der Waals surface area contributed by atoms with E-state index in [0.29, 0.717) is 5.82 Å². The summed E-state index contributed by atoms with van der Waals surface area (Å²) in [5, 5.41) is 10.1. The van der Waals surface area contributed by atoms with Gasteiger partial charge in [-0.2, -0.15) is 0 Å². The highest BCUT2D eigenvalue weighted by Gasteiger charge is 2.21. The minimum Gasteiger partial charge on any atom is -0.309 e. The number of para-hydroxylation sites is 5. The molecule has 238 valence electrons. The van der Waals surface area contributed by atoms with Crippen molar-refractivity contribution < 1.29 is 0 Å². The van der Waals surface area contributed by atoms with E-state index < -0.39 is 0 Å². The van der Waals surface area contributed by atoms with E-state index in [2.05, 4.69) is 137 Å². The van der Waals surface area contributed by atoms with Gasteiger partial charge in [0.05, 0.1) is 33.1 Å². The molecule has 0 fully saturated rings. The fourth-order valence-electron chi connectivity index (χ4n) is 7.89. The third-order valence-corrected chi connectivity index (χ3v) is 10.1. The smallest absolute Gasteiger partial charge is 0.182 e. The van der Waals surface area contributed by atoms with Gasteiger partial charge >= 0.3 is 0 Å². The molecule has 0 atom stereocenters. The second-order valence-electron chi connectivity index (χ2n) is 12.9. The molecule has 0 aliphatic heterocycles. The van der Waals surface area contributed by atoms with Gasteiger partial charge in [0.15, 0.2) is 11.5 Å². The maximum atomic E-state index is 5.14. The van der Waals surface area contributed by atoms with Crippen molar-refractivity contribution in [2.75, 3.05) is 0 Å². The molecule has 0 unspecified atom stereocenters. The van der Waals surface area contributed by atoms with Gasteiger partial charge in [0, 0.05) is 44.0 Å². The maximum Gasteiger partial charge on any atom is 0.182 e. The molecule has 11 aromatic rings. The third-order valence-electron chi connectivity index (χ3n) is 10.1. The Morgan fingerprint density at radius 1 is 0.392 bits per heavy atom. The quantitative estimate of drug-likeness (QED) is 0.190. The van der Waals surface area contributed by atoms with Crippen molar-refractivity contribution in [1.29, 1.82) is 0 Å². The molecule has 11 rings (SSSR count). The van der Waals surface area contributed by atoms with Crippen LogP contribution in [0.15, 0.2) is 170 Å². The number of aromatic nitrogens is 6. The van der Waals surface area contributed by atoms with Crippen LogP contribution in [0.4, 0.5) is 0 Å². The number of hydrogen-bond acceptors (Lipinski definition) is 3. The van der Waals surface area contributed by atoms with Crippen LogP contribution in [0.2, 0.25) is 0 Å². The van der Waals surface area contributed by atoms with E-state index in [1.165, 1.54) is 32.6 Å². The van der Waals surface area contributed by atoms with Crippen molar-refractivity contribution in [2.24, 2.45) is 0 Å². The molecule has 0 radical (unpaired) electrons. The minimum absolute atomic E-state index is 0.654. The van der Waals surface area contributed by atoms with Crippen molar-refractivity contribution in [3.8, 4) is 34.0 Å². The Morgan fingerprint density at radius 3 is 1.65 bits per heavy atom. The number of fused-ring (bicyclic) bond motifs is 10. The summed E-state index contributed by atoms with van der Waals surface area (Å²) in [6, 6.07) is 59.6. The second kappa shape index (κ2) is 10.7. The minimum atomic E-state index is 0.654. The largest absolute Gasteiger partial charge is 0.309 e. The van der Waals surface area contributed by atoms with Crippen LogP contribution < -0.4 is 0 Å². The first kappa shape index (κ1) is 27.9. The molecule has 4 aromatic heterocycles. The molecular formula is C45H28N6. The lowest BCUT2D eigenvalue weighted by Gasteiger charge is -2.10. The molecule has 0 spiro atoms. The average Bonchev–Trinajstić information content (AvgIpc) is 3.89. The Bertz CT molecular complexity index is 3130. The van der Waals surface area contributed by atoms with E-state index in [1.54, 1.807) is 0 Å². The summed E-state index contributed by atoms with van der Waals surface area (Å²) < 4.78 is 6.70. The molecule has 0 saturated carbocycles. The third kappa shape index (κ3) is 4.07. The number of nitrogens with zero attached hydrogens (tertiary/aromatic N) is 6. The van der Waals surface area contributed by atoms with Crippen molar-refractivity contribution in [2.45, 2.75) is 0 Å². The molecule has 0 bridgehead atoms. The van der Waals surface area contributed by atoms with Crippen molar-refractivity contribution >= 4 is 60.3 Å². The van der Waals surface area contributed by atoms with E-state index in [-0.39, 0.29) is 0 Å². The van der Waals surface area contributed by atoms with Crippen LogP contribution in [-0.4, -0.2) is 28.7 Å².